The van der Waals surface area contributed by atoms with E-state index >= 15 is 0 Å². The Labute approximate surface area is 148 Å². The van der Waals surface area contributed by atoms with Gasteiger partial charge in [-0.1, -0.05) is 12.8 Å². The maximum atomic E-state index is 12.6. The summed E-state index contributed by atoms with van der Waals surface area (Å²) in [6, 6.07) is 7.11. The van der Waals surface area contributed by atoms with Crippen molar-refractivity contribution < 1.29 is 14.3 Å². The number of amides is 2. The van der Waals surface area contributed by atoms with Crippen molar-refractivity contribution in [2.45, 2.75) is 50.7 Å². The summed E-state index contributed by atoms with van der Waals surface area (Å²) < 4.78 is 5.60. The molecule has 2 heterocycles. The van der Waals surface area contributed by atoms with Crippen LogP contribution >= 0.6 is 0 Å². The molecule has 1 aromatic carbocycles. The molecule has 3 N–H and O–H groups in total. The molecular formula is C19H27N3O3. The van der Waals surface area contributed by atoms with Crippen molar-refractivity contribution in [3.63, 3.8) is 0 Å². The lowest BCUT2D eigenvalue weighted by Gasteiger charge is -2.20. The largest absolute Gasteiger partial charge is 0.364 e. The molecule has 2 atom stereocenters. The highest BCUT2D eigenvalue weighted by molar-refractivity contribution is 5.97. The minimum Gasteiger partial charge on any atom is -0.364 e. The third-order valence-corrected chi connectivity index (χ3v) is 4.96. The molecule has 2 aliphatic heterocycles. The van der Waals surface area contributed by atoms with Gasteiger partial charge in [-0.3, -0.25) is 9.59 Å². The minimum atomic E-state index is -0.438. The van der Waals surface area contributed by atoms with E-state index in [4.69, 9.17) is 10.5 Å². The molecule has 0 aromatic heterocycles. The molecule has 0 unspecified atom stereocenters. The molecule has 6 heteroatoms. The number of carbonyl (C=O) groups excluding carboxylic acids is 2. The van der Waals surface area contributed by atoms with Crippen LogP contribution in [0.2, 0.25) is 0 Å². The molecule has 0 spiro atoms. The number of ether oxygens (including phenoxy) is 1. The van der Waals surface area contributed by atoms with Gasteiger partial charge in [0.05, 0.1) is 6.10 Å². The highest BCUT2D eigenvalue weighted by Crippen LogP contribution is 2.21. The maximum absolute atomic E-state index is 12.6. The molecule has 6 nitrogen and oxygen atoms in total. The Hall–Kier alpha value is -1.92. The van der Waals surface area contributed by atoms with E-state index < -0.39 is 6.10 Å². The lowest BCUT2D eigenvalue weighted by atomic mass is 10.1. The van der Waals surface area contributed by atoms with Crippen LogP contribution in [0.4, 0.5) is 5.69 Å². The van der Waals surface area contributed by atoms with Crippen LogP contribution in [0, 0.1) is 0 Å². The van der Waals surface area contributed by atoms with Gasteiger partial charge < -0.3 is 20.7 Å². The smallest absolute Gasteiger partial charge is 0.253 e. The zero-order valence-electron chi connectivity index (χ0n) is 14.6. The summed E-state index contributed by atoms with van der Waals surface area (Å²) in [4.78, 5) is 26.7. The Balaban J connectivity index is 1.56. The number of likely N-dealkylation sites (tertiary alicyclic amines) is 1. The molecular weight excluding hydrogens is 318 g/mol. The van der Waals surface area contributed by atoms with E-state index in [0.29, 0.717) is 24.2 Å². The lowest BCUT2D eigenvalue weighted by Crippen LogP contribution is -2.32. The van der Waals surface area contributed by atoms with Gasteiger partial charge in [0.15, 0.2) is 0 Å². The third-order valence-electron chi connectivity index (χ3n) is 4.96. The van der Waals surface area contributed by atoms with Crippen molar-refractivity contribution in [3.8, 4) is 0 Å². The Morgan fingerprint density at radius 3 is 2.36 bits per heavy atom. The van der Waals surface area contributed by atoms with Gasteiger partial charge in [0, 0.05) is 30.9 Å². The van der Waals surface area contributed by atoms with Crippen molar-refractivity contribution in [1.82, 2.24) is 4.90 Å². The summed E-state index contributed by atoms with van der Waals surface area (Å²) in [7, 11) is 0. The Morgan fingerprint density at radius 2 is 1.76 bits per heavy atom. The SMILES string of the molecule is NC[C@H]1CC[C@@H](C(=O)Nc2ccc(C(=O)N3CCCCCC3)cc2)O1. The molecule has 0 saturated carbocycles. The molecule has 1 aromatic rings. The number of benzene rings is 1. The van der Waals surface area contributed by atoms with Gasteiger partial charge in [0.2, 0.25) is 0 Å². The second-order valence-electron chi connectivity index (χ2n) is 6.83. The van der Waals surface area contributed by atoms with E-state index in [2.05, 4.69) is 5.32 Å². The predicted molar refractivity (Wildman–Crippen MR) is 96.4 cm³/mol. The number of nitrogens with two attached hydrogens (primary N) is 1. The van der Waals surface area contributed by atoms with Crippen LogP contribution in [-0.4, -0.2) is 48.6 Å². The predicted octanol–water partition coefficient (Wildman–Crippen LogP) is 2.15. The van der Waals surface area contributed by atoms with Crippen LogP contribution in [0.15, 0.2) is 24.3 Å². The van der Waals surface area contributed by atoms with Crippen LogP contribution in [0.5, 0.6) is 0 Å². The Bertz CT molecular complexity index is 594. The van der Waals surface area contributed by atoms with E-state index in [1.807, 2.05) is 4.90 Å². The Kier molecular flexibility index (Phi) is 6.04. The van der Waals surface area contributed by atoms with Crippen molar-refractivity contribution in [3.05, 3.63) is 29.8 Å². The number of rotatable bonds is 4. The fourth-order valence-corrected chi connectivity index (χ4v) is 3.45. The molecule has 3 rings (SSSR count). The number of nitrogens with zero attached hydrogens (tertiary/aromatic N) is 1. The van der Waals surface area contributed by atoms with Crippen molar-refractivity contribution in [1.29, 1.82) is 0 Å². The molecule has 2 amide bonds. The van der Waals surface area contributed by atoms with Crippen LogP contribution in [0.25, 0.3) is 0 Å². The van der Waals surface area contributed by atoms with Crippen LogP contribution in [0.1, 0.15) is 48.9 Å². The van der Waals surface area contributed by atoms with Crippen LogP contribution in [0.3, 0.4) is 0 Å². The molecule has 136 valence electrons. The summed E-state index contributed by atoms with van der Waals surface area (Å²) in [5, 5.41) is 2.85. The van der Waals surface area contributed by atoms with Gasteiger partial charge in [-0.15, -0.1) is 0 Å². The van der Waals surface area contributed by atoms with Crippen molar-refractivity contribution >= 4 is 17.5 Å². The van der Waals surface area contributed by atoms with Gasteiger partial charge >= 0.3 is 0 Å². The highest BCUT2D eigenvalue weighted by Gasteiger charge is 2.29. The number of anilines is 1. The quantitative estimate of drug-likeness (QED) is 0.876. The fourth-order valence-electron chi connectivity index (χ4n) is 3.45. The van der Waals surface area contributed by atoms with Crippen molar-refractivity contribution in [2.24, 2.45) is 5.73 Å². The number of carbonyl (C=O) groups is 2. The second-order valence-corrected chi connectivity index (χ2v) is 6.83. The first-order valence-electron chi connectivity index (χ1n) is 9.23. The topological polar surface area (TPSA) is 84.7 Å². The van der Waals surface area contributed by atoms with E-state index in [0.717, 1.165) is 32.4 Å². The number of hydrogen-bond donors (Lipinski definition) is 2. The van der Waals surface area contributed by atoms with Gasteiger partial charge in [-0.05, 0) is 49.9 Å². The average Bonchev–Trinajstić information content (AvgIpc) is 2.96. The summed E-state index contributed by atoms with van der Waals surface area (Å²) in [6.07, 6.45) is 5.59. The number of hydrogen-bond acceptors (Lipinski definition) is 4. The number of nitrogens with one attached hydrogen (secondary N) is 1. The summed E-state index contributed by atoms with van der Waals surface area (Å²) in [5.41, 5.74) is 6.92. The molecule has 2 aliphatic rings. The fraction of sp³-hybridized carbons (Fsp3) is 0.579. The van der Waals surface area contributed by atoms with Crippen LogP contribution in [-0.2, 0) is 9.53 Å². The van der Waals surface area contributed by atoms with E-state index in [1.54, 1.807) is 24.3 Å². The maximum Gasteiger partial charge on any atom is 0.253 e. The third kappa shape index (κ3) is 4.58. The molecule has 2 fully saturated rings. The molecule has 0 aliphatic carbocycles. The molecule has 0 bridgehead atoms. The lowest BCUT2D eigenvalue weighted by molar-refractivity contribution is -0.126. The molecule has 25 heavy (non-hydrogen) atoms. The first-order valence-corrected chi connectivity index (χ1v) is 9.23. The highest BCUT2D eigenvalue weighted by atomic mass is 16.5. The molecule has 0 radical (unpaired) electrons. The second kappa shape index (κ2) is 8.45. The summed E-state index contributed by atoms with van der Waals surface area (Å²) in [5.74, 6) is -0.0766. The summed E-state index contributed by atoms with van der Waals surface area (Å²) >= 11 is 0. The van der Waals surface area contributed by atoms with E-state index in [9.17, 15) is 9.59 Å². The first kappa shape index (κ1) is 17.9. The van der Waals surface area contributed by atoms with Crippen molar-refractivity contribution in [2.75, 3.05) is 25.0 Å². The van der Waals surface area contributed by atoms with E-state index in [-0.39, 0.29) is 17.9 Å². The zero-order valence-corrected chi connectivity index (χ0v) is 14.6. The standard InChI is InChI=1S/C19H27N3O3/c20-13-16-9-10-17(25-16)18(23)21-15-7-5-14(6-8-15)19(24)22-11-3-1-2-4-12-22/h5-8,16-17H,1-4,9-13,20H2,(H,21,23)/t16-,17+/m1/s1. The zero-order chi connectivity index (χ0) is 17.6. The first-order chi connectivity index (χ1) is 12.2. The molecule has 2 saturated heterocycles. The van der Waals surface area contributed by atoms with Crippen LogP contribution < -0.4 is 11.1 Å². The van der Waals surface area contributed by atoms with Gasteiger partial charge in [-0.25, -0.2) is 0 Å². The normalized spacial score (nSPS) is 24.0. The minimum absolute atomic E-state index is 0.0237. The monoisotopic (exact) mass is 345 g/mol. The Morgan fingerprint density at radius 1 is 1.08 bits per heavy atom. The van der Waals surface area contributed by atoms with Gasteiger partial charge in [0.1, 0.15) is 6.10 Å². The van der Waals surface area contributed by atoms with Gasteiger partial charge in [0.25, 0.3) is 11.8 Å². The summed E-state index contributed by atoms with van der Waals surface area (Å²) in [6.45, 7) is 2.11. The van der Waals surface area contributed by atoms with E-state index in [1.165, 1.54) is 12.8 Å². The average molecular weight is 345 g/mol. The van der Waals surface area contributed by atoms with Gasteiger partial charge in [-0.2, -0.15) is 0 Å².